The van der Waals surface area contributed by atoms with Gasteiger partial charge in [-0.05, 0) is 30.3 Å². The summed E-state index contributed by atoms with van der Waals surface area (Å²) >= 11 is 5.91. The zero-order chi connectivity index (χ0) is 23.5. The van der Waals surface area contributed by atoms with Crippen LogP contribution in [0.25, 0.3) is 0 Å². The Hall–Kier alpha value is -3.34. The number of alkyl halides is 3. The molecule has 0 unspecified atom stereocenters. The number of ether oxygens (including phenoxy) is 1. The highest BCUT2D eigenvalue weighted by Crippen LogP contribution is 2.27. The minimum absolute atomic E-state index is 0.0932. The molecule has 3 rings (SSSR count). The van der Waals surface area contributed by atoms with Crippen LogP contribution in [0.4, 0.5) is 18.9 Å². The van der Waals surface area contributed by atoms with Gasteiger partial charge in [0.2, 0.25) is 0 Å². The second-order valence-electron chi connectivity index (χ2n) is 6.93. The largest absolute Gasteiger partial charge is 0.484 e. The van der Waals surface area contributed by atoms with E-state index in [9.17, 15) is 32.9 Å². The summed E-state index contributed by atoms with van der Waals surface area (Å²) in [5.41, 5.74) is -0.543. The maximum absolute atomic E-state index is 12.9. The number of carbonyl (C=O) groups is 2. The van der Waals surface area contributed by atoms with Crippen LogP contribution in [0.15, 0.2) is 42.5 Å². The Morgan fingerprint density at radius 2 is 1.66 bits per heavy atom. The summed E-state index contributed by atoms with van der Waals surface area (Å²) in [4.78, 5) is 38.8. The highest BCUT2D eigenvalue weighted by molar-refractivity contribution is 6.30. The molecule has 0 N–H and O–H groups in total. The van der Waals surface area contributed by atoms with Crippen LogP contribution in [-0.2, 0) is 0 Å². The standard InChI is InChI=1S/C20H17ClF3N3O5/c21-14-3-1-2-13(10-14)18(28)25-6-8-26(9-7-25)19(29)16-11-15(32-12-20(22,23)24)4-5-17(16)27(30)31/h1-5,10-11H,6-9,12H2. The normalized spacial score (nSPS) is 14.2. The third kappa shape index (κ3) is 5.67. The minimum atomic E-state index is -4.60. The SMILES string of the molecule is O=C(c1cccc(Cl)c1)N1CCN(C(=O)c2cc(OCC(F)(F)F)ccc2[N+](=O)[O-])CC1. The van der Waals surface area contributed by atoms with Crippen molar-refractivity contribution in [2.45, 2.75) is 6.18 Å². The molecule has 0 spiro atoms. The highest BCUT2D eigenvalue weighted by Gasteiger charge is 2.31. The van der Waals surface area contributed by atoms with E-state index >= 15 is 0 Å². The van der Waals surface area contributed by atoms with E-state index < -0.39 is 29.3 Å². The van der Waals surface area contributed by atoms with E-state index in [0.717, 1.165) is 18.2 Å². The van der Waals surface area contributed by atoms with Crippen LogP contribution in [0.2, 0.25) is 5.02 Å². The second kappa shape index (κ2) is 9.43. The van der Waals surface area contributed by atoms with Gasteiger partial charge in [-0.1, -0.05) is 17.7 Å². The fourth-order valence-corrected chi connectivity index (χ4v) is 3.38. The van der Waals surface area contributed by atoms with E-state index in [-0.39, 0.29) is 43.4 Å². The predicted octanol–water partition coefficient (Wildman–Crippen LogP) is 3.79. The van der Waals surface area contributed by atoms with Gasteiger partial charge in [0.15, 0.2) is 6.61 Å². The number of carbonyl (C=O) groups excluding carboxylic acids is 2. The first kappa shape index (κ1) is 23.3. The molecule has 0 saturated carbocycles. The molecular weight excluding hydrogens is 455 g/mol. The monoisotopic (exact) mass is 471 g/mol. The van der Waals surface area contributed by atoms with E-state index in [1.54, 1.807) is 18.2 Å². The molecule has 2 amide bonds. The maximum Gasteiger partial charge on any atom is 0.422 e. The molecule has 12 heteroatoms. The van der Waals surface area contributed by atoms with Crippen LogP contribution in [0.3, 0.4) is 0 Å². The number of nitro benzene ring substituents is 1. The van der Waals surface area contributed by atoms with E-state index in [2.05, 4.69) is 4.74 Å². The number of hydrogen-bond acceptors (Lipinski definition) is 5. The molecule has 0 aromatic heterocycles. The quantitative estimate of drug-likeness (QED) is 0.488. The number of nitro groups is 1. The van der Waals surface area contributed by atoms with Gasteiger partial charge in [0.1, 0.15) is 11.3 Å². The molecule has 0 aliphatic carbocycles. The van der Waals surface area contributed by atoms with Crippen LogP contribution in [0, 0.1) is 10.1 Å². The molecule has 1 fully saturated rings. The molecule has 8 nitrogen and oxygen atoms in total. The number of benzene rings is 2. The lowest BCUT2D eigenvalue weighted by Crippen LogP contribution is -2.50. The Bertz CT molecular complexity index is 1040. The van der Waals surface area contributed by atoms with Gasteiger partial charge in [-0.2, -0.15) is 13.2 Å². The van der Waals surface area contributed by atoms with Crippen molar-refractivity contribution in [1.82, 2.24) is 9.80 Å². The summed E-state index contributed by atoms with van der Waals surface area (Å²) in [6.45, 7) is -1.06. The number of nitrogens with zero attached hydrogens (tertiary/aromatic N) is 3. The summed E-state index contributed by atoms with van der Waals surface area (Å²) in [6.07, 6.45) is -4.60. The van der Waals surface area contributed by atoms with E-state index in [4.69, 9.17) is 11.6 Å². The Labute approximate surface area is 185 Å². The van der Waals surface area contributed by atoms with Gasteiger partial charge in [-0.15, -0.1) is 0 Å². The fraction of sp³-hybridized carbons (Fsp3) is 0.300. The minimum Gasteiger partial charge on any atom is -0.484 e. The molecule has 2 aromatic carbocycles. The van der Waals surface area contributed by atoms with Crippen LogP contribution in [0.5, 0.6) is 5.75 Å². The number of amides is 2. The Morgan fingerprint density at radius 3 is 2.22 bits per heavy atom. The van der Waals surface area contributed by atoms with Gasteiger partial charge in [0.05, 0.1) is 4.92 Å². The lowest BCUT2D eigenvalue weighted by molar-refractivity contribution is -0.385. The Kier molecular flexibility index (Phi) is 6.87. The van der Waals surface area contributed by atoms with E-state index in [1.807, 2.05) is 0 Å². The predicted molar refractivity (Wildman–Crippen MR) is 108 cm³/mol. The zero-order valence-electron chi connectivity index (χ0n) is 16.5. The molecule has 2 aromatic rings. The van der Waals surface area contributed by atoms with Crippen molar-refractivity contribution in [3.8, 4) is 5.75 Å². The molecule has 0 radical (unpaired) electrons. The smallest absolute Gasteiger partial charge is 0.422 e. The topological polar surface area (TPSA) is 93.0 Å². The lowest BCUT2D eigenvalue weighted by atomic mass is 10.1. The van der Waals surface area contributed by atoms with Gasteiger partial charge in [-0.3, -0.25) is 19.7 Å². The van der Waals surface area contributed by atoms with Crippen LogP contribution in [-0.4, -0.2) is 65.5 Å². The summed E-state index contributed by atoms with van der Waals surface area (Å²) < 4.78 is 41.8. The van der Waals surface area contributed by atoms with Crippen molar-refractivity contribution in [2.24, 2.45) is 0 Å². The summed E-state index contributed by atoms with van der Waals surface area (Å²) in [5.74, 6) is -1.32. The molecule has 0 atom stereocenters. The Morgan fingerprint density at radius 1 is 1.03 bits per heavy atom. The van der Waals surface area contributed by atoms with Gasteiger partial charge in [-0.25, -0.2) is 0 Å². The fourth-order valence-electron chi connectivity index (χ4n) is 3.19. The van der Waals surface area contributed by atoms with Crippen molar-refractivity contribution >= 4 is 29.1 Å². The summed E-state index contributed by atoms with van der Waals surface area (Å²) in [6, 6.07) is 9.27. The molecule has 32 heavy (non-hydrogen) atoms. The van der Waals surface area contributed by atoms with Gasteiger partial charge >= 0.3 is 6.18 Å². The van der Waals surface area contributed by atoms with E-state index in [1.165, 1.54) is 15.9 Å². The average molecular weight is 472 g/mol. The van der Waals surface area contributed by atoms with Crippen molar-refractivity contribution in [3.05, 3.63) is 68.7 Å². The van der Waals surface area contributed by atoms with Gasteiger partial charge < -0.3 is 14.5 Å². The molecule has 170 valence electrons. The first-order valence-electron chi connectivity index (χ1n) is 9.37. The molecule has 0 bridgehead atoms. The average Bonchev–Trinajstić information content (AvgIpc) is 2.76. The third-order valence-corrected chi connectivity index (χ3v) is 4.96. The summed E-state index contributed by atoms with van der Waals surface area (Å²) in [5, 5.41) is 11.7. The second-order valence-corrected chi connectivity index (χ2v) is 7.37. The number of piperazine rings is 1. The first-order valence-corrected chi connectivity index (χ1v) is 9.75. The van der Waals surface area contributed by atoms with E-state index in [0.29, 0.717) is 10.6 Å². The number of rotatable bonds is 5. The van der Waals surface area contributed by atoms with Crippen LogP contribution >= 0.6 is 11.6 Å². The van der Waals surface area contributed by atoms with Crippen molar-refractivity contribution < 1.29 is 32.4 Å². The van der Waals surface area contributed by atoms with Crippen molar-refractivity contribution in [2.75, 3.05) is 32.8 Å². The molecule has 1 heterocycles. The van der Waals surface area contributed by atoms with Crippen LogP contribution in [0.1, 0.15) is 20.7 Å². The van der Waals surface area contributed by atoms with Crippen molar-refractivity contribution in [3.63, 3.8) is 0 Å². The Balaban J connectivity index is 1.72. The number of hydrogen-bond donors (Lipinski definition) is 0. The number of halogens is 4. The maximum atomic E-state index is 12.9. The molecule has 1 aliphatic rings. The van der Waals surface area contributed by atoms with Crippen LogP contribution < -0.4 is 4.74 Å². The van der Waals surface area contributed by atoms with Gasteiger partial charge in [0, 0.05) is 42.8 Å². The zero-order valence-corrected chi connectivity index (χ0v) is 17.2. The van der Waals surface area contributed by atoms with Gasteiger partial charge in [0.25, 0.3) is 17.5 Å². The highest BCUT2D eigenvalue weighted by atomic mass is 35.5. The summed E-state index contributed by atoms with van der Waals surface area (Å²) in [7, 11) is 0. The first-order chi connectivity index (χ1) is 15.0. The van der Waals surface area contributed by atoms with Crippen molar-refractivity contribution in [1.29, 1.82) is 0 Å². The third-order valence-electron chi connectivity index (χ3n) is 4.72. The molecule has 1 aliphatic heterocycles. The lowest BCUT2D eigenvalue weighted by Gasteiger charge is -2.34. The molecule has 1 saturated heterocycles. The molecular formula is C20H17ClF3N3O5.